The summed E-state index contributed by atoms with van der Waals surface area (Å²) < 4.78 is 3.19. The smallest absolute Gasteiger partial charge is 0.309 e. The minimum atomic E-state index is -0.603. The second kappa shape index (κ2) is 7.03. The van der Waals surface area contributed by atoms with Crippen LogP contribution in [0.1, 0.15) is 30.8 Å². The maximum Gasteiger partial charge on any atom is 0.309 e. The minimum Gasteiger partial charge on any atom is -0.354 e. The van der Waals surface area contributed by atoms with Crippen molar-refractivity contribution in [1.29, 1.82) is 0 Å². The number of hydrogen-bond acceptors (Lipinski definition) is 5. The summed E-state index contributed by atoms with van der Waals surface area (Å²) in [5, 5.41) is 21.8. The van der Waals surface area contributed by atoms with E-state index in [-0.39, 0.29) is 11.6 Å². The molecule has 0 saturated carbocycles. The predicted octanol–water partition coefficient (Wildman–Crippen LogP) is 1.37. The zero-order chi connectivity index (χ0) is 17.0. The highest BCUT2D eigenvalue weighted by molar-refractivity contribution is 5.79. The third kappa shape index (κ3) is 3.93. The Morgan fingerprint density at radius 2 is 2.22 bits per heavy atom. The van der Waals surface area contributed by atoms with Gasteiger partial charge in [-0.1, -0.05) is 0 Å². The lowest BCUT2D eigenvalue weighted by atomic mass is 10.3. The first-order chi connectivity index (χ1) is 10.9. The molecule has 2 aromatic heterocycles. The van der Waals surface area contributed by atoms with Crippen molar-refractivity contribution in [2.75, 3.05) is 6.54 Å². The van der Waals surface area contributed by atoms with Gasteiger partial charge in [0, 0.05) is 25.0 Å². The number of nitrogens with zero attached hydrogens (tertiary/aromatic N) is 5. The summed E-state index contributed by atoms with van der Waals surface area (Å²) in [5.41, 5.74) is 1.28. The Morgan fingerprint density at radius 1 is 1.48 bits per heavy atom. The second-order valence-electron chi connectivity index (χ2n) is 5.35. The molecule has 2 heterocycles. The van der Waals surface area contributed by atoms with Crippen LogP contribution < -0.4 is 5.32 Å². The molecule has 0 spiro atoms. The van der Waals surface area contributed by atoms with Crippen LogP contribution in [0.25, 0.3) is 0 Å². The van der Waals surface area contributed by atoms with Crippen molar-refractivity contribution in [2.24, 2.45) is 0 Å². The molecular weight excluding hydrogens is 300 g/mol. The molecular formula is C14H20N6O3. The molecule has 0 radical (unpaired) electrons. The topological polar surface area (TPSA) is 108 Å². The molecule has 1 atom stereocenters. The van der Waals surface area contributed by atoms with Gasteiger partial charge in [-0.2, -0.15) is 10.2 Å². The molecule has 1 N–H and O–H groups in total. The Kier molecular flexibility index (Phi) is 5.09. The van der Waals surface area contributed by atoms with Crippen LogP contribution in [0.2, 0.25) is 0 Å². The van der Waals surface area contributed by atoms with Gasteiger partial charge in [0.1, 0.15) is 17.9 Å². The third-order valence-electron chi connectivity index (χ3n) is 3.64. The highest BCUT2D eigenvalue weighted by Gasteiger charge is 2.21. The van der Waals surface area contributed by atoms with Crippen LogP contribution in [0.3, 0.4) is 0 Å². The maximum atomic E-state index is 12.1. The molecule has 0 aromatic carbocycles. The van der Waals surface area contributed by atoms with E-state index in [2.05, 4.69) is 15.5 Å². The fourth-order valence-electron chi connectivity index (χ4n) is 2.19. The molecule has 0 bridgehead atoms. The standard InChI is InChI=1S/C14H20N6O3/c1-10-5-7-16-18(10)8-4-6-15-14(21)12(3)19-9-13(20(22)23)11(2)17-19/h5,7,9,12H,4,6,8H2,1-3H3,(H,15,21). The molecule has 1 amide bonds. The number of carbonyl (C=O) groups is 1. The van der Waals surface area contributed by atoms with Crippen molar-refractivity contribution < 1.29 is 9.72 Å². The monoisotopic (exact) mass is 320 g/mol. The number of carbonyl (C=O) groups excluding carboxylic acids is 1. The van der Waals surface area contributed by atoms with Crippen LogP contribution in [0.5, 0.6) is 0 Å². The summed E-state index contributed by atoms with van der Waals surface area (Å²) in [5.74, 6) is -0.223. The Bertz CT molecular complexity index is 705. The van der Waals surface area contributed by atoms with E-state index in [1.54, 1.807) is 20.0 Å². The van der Waals surface area contributed by atoms with E-state index in [9.17, 15) is 14.9 Å². The molecule has 9 heteroatoms. The van der Waals surface area contributed by atoms with Crippen molar-refractivity contribution in [3.05, 3.63) is 40.0 Å². The molecule has 124 valence electrons. The SMILES string of the molecule is Cc1nn(C(C)C(=O)NCCCn2nccc2C)cc1[N+](=O)[O-]. The first-order valence-electron chi connectivity index (χ1n) is 7.36. The molecule has 0 aliphatic heterocycles. The van der Waals surface area contributed by atoms with Gasteiger partial charge in [0.2, 0.25) is 5.91 Å². The summed E-state index contributed by atoms with van der Waals surface area (Å²) in [6, 6.07) is 1.32. The number of aryl methyl sites for hydroxylation is 3. The normalized spacial score (nSPS) is 12.1. The zero-order valence-corrected chi connectivity index (χ0v) is 13.4. The van der Waals surface area contributed by atoms with Crippen LogP contribution >= 0.6 is 0 Å². The van der Waals surface area contributed by atoms with E-state index in [4.69, 9.17) is 0 Å². The summed E-state index contributed by atoms with van der Waals surface area (Å²) in [6.45, 7) is 6.40. The number of rotatable bonds is 7. The first-order valence-corrected chi connectivity index (χ1v) is 7.36. The average Bonchev–Trinajstić information content (AvgIpc) is 3.08. The highest BCUT2D eigenvalue weighted by Crippen LogP contribution is 2.18. The fourth-order valence-corrected chi connectivity index (χ4v) is 2.19. The van der Waals surface area contributed by atoms with E-state index >= 15 is 0 Å². The summed E-state index contributed by atoms with van der Waals surface area (Å²) in [6.07, 6.45) is 3.77. The minimum absolute atomic E-state index is 0.0844. The van der Waals surface area contributed by atoms with Gasteiger partial charge >= 0.3 is 5.69 Å². The van der Waals surface area contributed by atoms with Crippen molar-refractivity contribution in [1.82, 2.24) is 24.9 Å². The van der Waals surface area contributed by atoms with Crippen molar-refractivity contribution in [3.63, 3.8) is 0 Å². The van der Waals surface area contributed by atoms with Gasteiger partial charge in [0.15, 0.2) is 0 Å². The van der Waals surface area contributed by atoms with Gasteiger partial charge in [0.05, 0.1) is 4.92 Å². The number of aromatic nitrogens is 4. The largest absolute Gasteiger partial charge is 0.354 e. The van der Waals surface area contributed by atoms with E-state index in [1.807, 2.05) is 17.7 Å². The third-order valence-corrected chi connectivity index (χ3v) is 3.64. The van der Waals surface area contributed by atoms with E-state index < -0.39 is 11.0 Å². The van der Waals surface area contributed by atoms with E-state index in [0.29, 0.717) is 12.2 Å². The molecule has 9 nitrogen and oxygen atoms in total. The molecule has 0 saturated heterocycles. The molecule has 0 fully saturated rings. The predicted molar refractivity (Wildman–Crippen MR) is 82.9 cm³/mol. The molecule has 2 aromatic rings. The number of nitrogens with one attached hydrogen (secondary N) is 1. The number of amides is 1. The van der Waals surface area contributed by atoms with Gasteiger partial charge < -0.3 is 5.32 Å². The van der Waals surface area contributed by atoms with Crippen molar-refractivity contribution in [3.8, 4) is 0 Å². The Balaban J connectivity index is 1.84. The number of nitro groups is 1. The van der Waals surface area contributed by atoms with Crippen LogP contribution in [-0.4, -0.2) is 36.9 Å². The highest BCUT2D eigenvalue weighted by atomic mass is 16.6. The van der Waals surface area contributed by atoms with Gasteiger partial charge in [-0.05, 0) is 33.3 Å². The average molecular weight is 320 g/mol. The van der Waals surface area contributed by atoms with Crippen molar-refractivity contribution >= 4 is 11.6 Å². The first kappa shape index (κ1) is 16.7. The molecule has 23 heavy (non-hydrogen) atoms. The lowest BCUT2D eigenvalue weighted by Crippen LogP contribution is -2.32. The van der Waals surface area contributed by atoms with Gasteiger partial charge in [-0.25, -0.2) is 0 Å². The molecule has 0 aliphatic rings. The van der Waals surface area contributed by atoms with Crippen LogP contribution in [-0.2, 0) is 11.3 Å². The summed E-state index contributed by atoms with van der Waals surface area (Å²) in [4.78, 5) is 22.4. The Morgan fingerprint density at radius 3 is 2.78 bits per heavy atom. The quantitative estimate of drug-likeness (QED) is 0.471. The van der Waals surface area contributed by atoms with Crippen LogP contribution in [0.15, 0.2) is 18.5 Å². The van der Waals surface area contributed by atoms with E-state index in [1.165, 1.54) is 10.9 Å². The van der Waals surface area contributed by atoms with Crippen LogP contribution in [0.4, 0.5) is 5.69 Å². The lowest BCUT2D eigenvalue weighted by molar-refractivity contribution is -0.385. The number of hydrogen-bond donors (Lipinski definition) is 1. The van der Waals surface area contributed by atoms with Gasteiger partial charge in [0.25, 0.3) is 0 Å². The fraction of sp³-hybridized carbons (Fsp3) is 0.500. The molecule has 2 rings (SSSR count). The molecule has 0 aliphatic carbocycles. The Hall–Kier alpha value is -2.71. The van der Waals surface area contributed by atoms with Crippen molar-refractivity contribution in [2.45, 2.75) is 39.8 Å². The summed E-state index contributed by atoms with van der Waals surface area (Å²) in [7, 11) is 0. The summed E-state index contributed by atoms with van der Waals surface area (Å²) >= 11 is 0. The second-order valence-corrected chi connectivity index (χ2v) is 5.35. The zero-order valence-electron chi connectivity index (χ0n) is 13.4. The van der Waals surface area contributed by atoms with Crippen LogP contribution in [0, 0.1) is 24.0 Å². The lowest BCUT2D eigenvalue weighted by Gasteiger charge is -2.12. The molecule has 1 unspecified atom stereocenters. The maximum absolute atomic E-state index is 12.1. The Labute approximate surface area is 133 Å². The van der Waals surface area contributed by atoms with E-state index in [0.717, 1.165) is 18.7 Å². The van der Waals surface area contributed by atoms with Gasteiger partial charge in [-0.15, -0.1) is 0 Å². The van der Waals surface area contributed by atoms with Gasteiger partial charge in [-0.3, -0.25) is 24.3 Å².